The van der Waals surface area contributed by atoms with Crippen LogP contribution in [0.1, 0.15) is 32.1 Å². The van der Waals surface area contributed by atoms with Crippen molar-refractivity contribution in [1.29, 1.82) is 0 Å². The van der Waals surface area contributed by atoms with Gasteiger partial charge in [0.1, 0.15) is 6.61 Å². The lowest BCUT2D eigenvalue weighted by Gasteiger charge is -2.30. The first kappa shape index (κ1) is 16.9. The summed E-state index contributed by atoms with van der Waals surface area (Å²) in [6, 6.07) is 0. The quantitative estimate of drug-likeness (QED) is 0.495. The van der Waals surface area contributed by atoms with Gasteiger partial charge in [-0.2, -0.15) is 0 Å². The van der Waals surface area contributed by atoms with Gasteiger partial charge >= 0.3 is 12.3 Å². The number of hydrogen-bond donors (Lipinski definition) is 0. The maximum Gasteiger partial charge on any atom is 0.508 e. The van der Waals surface area contributed by atoms with E-state index in [9.17, 15) is 9.59 Å². The number of hydrogen-bond acceptors (Lipinski definition) is 7. The van der Waals surface area contributed by atoms with E-state index in [0.717, 1.165) is 25.7 Å². The van der Waals surface area contributed by atoms with E-state index in [0.29, 0.717) is 13.0 Å². The van der Waals surface area contributed by atoms with Crippen LogP contribution in [0.3, 0.4) is 0 Å². The standard InChI is InChI=1S/C17H22O7/c1-2-17-11-22-15(18)20-9-12-5-3-4-6-13(12)10-21-16(19)24-14(17)7-8-23-17/h1,12-14H,3-11H2. The minimum Gasteiger partial charge on any atom is -0.434 e. The average Bonchev–Trinajstić information content (AvgIpc) is 2.99. The molecule has 0 radical (unpaired) electrons. The fraction of sp³-hybridized carbons (Fsp3) is 0.765. The van der Waals surface area contributed by atoms with Crippen molar-refractivity contribution < 1.29 is 33.3 Å². The van der Waals surface area contributed by atoms with Crippen LogP contribution in [0.25, 0.3) is 0 Å². The zero-order chi connectivity index (χ0) is 17.0. The van der Waals surface area contributed by atoms with Gasteiger partial charge in [0.25, 0.3) is 0 Å². The van der Waals surface area contributed by atoms with Crippen molar-refractivity contribution in [3.8, 4) is 12.3 Å². The van der Waals surface area contributed by atoms with E-state index < -0.39 is 24.0 Å². The summed E-state index contributed by atoms with van der Waals surface area (Å²) < 4.78 is 26.5. The Morgan fingerprint density at radius 1 is 0.958 bits per heavy atom. The van der Waals surface area contributed by atoms with E-state index in [4.69, 9.17) is 30.1 Å². The van der Waals surface area contributed by atoms with Crippen LogP contribution < -0.4 is 0 Å². The molecule has 0 aromatic carbocycles. The average molecular weight is 338 g/mol. The highest BCUT2D eigenvalue weighted by molar-refractivity contribution is 5.61. The second-order valence-corrected chi connectivity index (χ2v) is 6.49. The van der Waals surface area contributed by atoms with Gasteiger partial charge < -0.3 is 23.7 Å². The normalized spacial score (nSPS) is 37.5. The summed E-state index contributed by atoms with van der Waals surface area (Å²) in [7, 11) is 0. The molecule has 3 aliphatic rings. The van der Waals surface area contributed by atoms with Gasteiger partial charge in [0.2, 0.25) is 0 Å². The van der Waals surface area contributed by atoms with Crippen molar-refractivity contribution in [3.05, 3.63) is 0 Å². The third-order valence-corrected chi connectivity index (χ3v) is 5.04. The number of carbonyl (C=O) groups excluding carboxylic acids is 2. The number of terminal acetylenes is 1. The second-order valence-electron chi connectivity index (χ2n) is 6.49. The zero-order valence-electron chi connectivity index (χ0n) is 13.5. The predicted octanol–water partition coefficient (Wildman–Crippen LogP) is 2.27. The SMILES string of the molecule is C#CC12COC(=O)OCC3CCCCC3COC(=O)OC1CCO2. The Bertz CT molecular complexity index is 526. The highest BCUT2D eigenvalue weighted by atomic mass is 16.7. The monoisotopic (exact) mass is 338 g/mol. The first-order chi connectivity index (χ1) is 11.6. The van der Waals surface area contributed by atoms with Crippen LogP contribution in [0.15, 0.2) is 0 Å². The summed E-state index contributed by atoms with van der Waals surface area (Å²) in [4.78, 5) is 23.9. The molecule has 132 valence electrons. The van der Waals surface area contributed by atoms with E-state index in [-0.39, 0.29) is 31.7 Å². The molecule has 24 heavy (non-hydrogen) atoms. The van der Waals surface area contributed by atoms with E-state index >= 15 is 0 Å². The van der Waals surface area contributed by atoms with Crippen LogP contribution in [0.2, 0.25) is 0 Å². The molecule has 2 heterocycles. The highest BCUT2D eigenvalue weighted by Crippen LogP contribution is 2.32. The molecule has 2 saturated heterocycles. The van der Waals surface area contributed by atoms with Gasteiger partial charge in [0.05, 0.1) is 19.8 Å². The van der Waals surface area contributed by atoms with E-state index in [1.807, 2.05) is 0 Å². The Morgan fingerprint density at radius 2 is 1.62 bits per heavy atom. The number of ether oxygens (including phenoxy) is 5. The van der Waals surface area contributed by atoms with E-state index in [1.54, 1.807) is 0 Å². The molecular weight excluding hydrogens is 316 g/mol. The number of rotatable bonds is 0. The van der Waals surface area contributed by atoms with Gasteiger partial charge in [-0.1, -0.05) is 18.8 Å². The first-order valence-corrected chi connectivity index (χ1v) is 8.37. The van der Waals surface area contributed by atoms with Gasteiger partial charge in [-0.05, 0) is 24.7 Å². The maximum atomic E-state index is 12.0. The second kappa shape index (κ2) is 7.31. The summed E-state index contributed by atoms with van der Waals surface area (Å²) in [5, 5.41) is 0. The third kappa shape index (κ3) is 3.59. The van der Waals surface area contributed by atoms with Crippen LogP contribution >= 0.6 is 0 Å². The van der Waals surface area contributed by atoms with Gasteiger partial charge in [0, 0.05) is 6.42 Å². The summed E-state index contributed by atoms with van der Waals surface area (Å²) in [5.41, 5.74) is -1.29. The summed E-state index contributed by atoms with van der Waals surface area (Å²) >= 11 is 0. The van der Waals surface area contributed by atoms with E-state index in [1.165, 1.54) is 0 Å². The Labute approximate surface area is 140 Å². The van der Waals surface area contributed by atoms with Crippen LogP contribution in [0.4, 0.5) is 9.59 Å². The fourth-order valence-corrected chi connectivity index (χ4v) is 3.57. The minimum atomic E-state index is -1.29. The van der Waals surface area contributed by atoms with Crippen LogP contribution in [0.5, 0.6) is 0 Å². The number of fused-ring (bicyclic) bond motifs is 2. The van der Waals surface area contributed by atoms with Gasteiger partial charge in [-0.25, -0.2) is 9.59 Å². The van der Waals surface area contributed by atoms with Crippen molar-refractivity contribution in [2.45, 2.75) is 43.8 Å². The van der Waals surface area contributed by atoms with Crippen molar-refractivity contribution in [2.24, 2.45) is 11.8 Å². The molecule has 0 N–H and O–H groups in total. The van der Waals surface area contributed by atoms with Crippen molar-refractivity contribution in [1.82, 2.24) is 0 Å². The summed E-state index contributed by atoms with van der Waals surface area (Å²) in [6.45, 7) is 0.577. The molecule has 7 heteroatoms. The zero-order valence-corrected chi connectivity index (χ0v) is 13.5. The lowest BCUT2D eigenvalue weighted by molar-refractivity contribution is -0.0764. The molecule has 0 spiro atoms. The lowest BCUT2D eigenvalue weighted by Crippen LogP contribution is -2.45. The van der Waals surface area contributed by atoms with Crippen molar-refractivity contribution in [3.63, 3.8) is 0 Å². The first-order valence-electron chi connectivity index (χ1n) is 8.37. The van der Waals surface area contributed by atoms with Crippen LogP contribution in [-0.2, 0) is 23.7 Å². The van der Waals surface area contributed by atoms with Gasteiger partial charge in [-0.3, -0.25) is 0 Å². The van der Waals surface area contributed by atoms with Gasteiger partial charge in [0.15, 0.2) is 11.7 Å². The fourth-order valence-electron chi connectivity index (χ4n) is 3.57. The molecule has 0 bridgehead atoms. The molecule has 4 atom stereocenters. The molecular formula is C17H22O7. The van der Waals surface area contributed by atoms with Crippen molar-refractivity contribution in [2.75, 3.05) is 26.4 Å². The molecule has 7 nitrogen and oxygen atoms in total. The Balaban J connectivity index is 1.74. The minimum absolute atomic E-state index is 0.150. The summed E-state index contributed by atoms with van der Waals surface area (Å²) in [6.07, 6.45) is 7.69. The van der Waals surface area contributed by atoms with E-state index in [2.05, 4.69) is 5.92 Å². The molecule has 0 amide bonds. The number of cyclic esters (lactones) is 3. The third-order valence-electron chi connectivity index (χ3n) is 5.04. The molecule has 1 aliphatic carbocycles. The Morgan fingerprint density at radius 3 is 2.29 bits per heavy atom. The molecule has 2 aliphatic heterocycles. The maximum absolute atomic E-state index is 12.0. The Kier molecular flexibility index (Phi) is 5.14. The number of carbonyl (C=O) groups is 2. The molecule has 0 aromatic heterocycles. The van der Waals surface area contributed by atoms with Crippen LogP contribution in [-0.4, -0.2) is 50.4 Å². The predicted molar refractivity (Wildman–Crippen MR) is 81.1 cm³/mol. The molecule has 4 unspecified atom stereocenters. The molecule has 0 aromatic rings. The van der Waals surface area contributed by atoms with Crippen LogP contribution in [0, 0.1) is 24.2 Å². The Hall–Kier alpha value is -1.94. The molecule has 3 fully saturated rings. The largest absolute Gasteiger partial charge is 0.508 e. The molecule has 1 saturated carbocycles. The topological polar surface area (TPSA) is 80.3 Å². The smallest absolute Gasteiger partial charge is 0.434 e. The lowest BCUT2D eigenvalue weighted by atomic mass is 9.80. The molecule has 3 rings (SSSR count). The van der Waals surface area contributed by atoms with Gasteiger partial charge in [-0.15, -0.1) is 6.42 Å². The summed E-state index contributed by atoms with van der Waals surface area (Å²) in [5.74, 6) is 2.75. The highest BCUT2D eigenvalue weighted by Gasteiger charge is 2.48. The van der Waals surface area contributed by atoms with Crippen molar-refractivity contribution >= 4 is 12.3 Å².